The zero-order chi connectivity index (χ0) is 13.5. The van der Waals surface area contributed by atoms with E-state index < -0.39 is 5.97 Å². The predicted octanol–water partition coefficient (Wildman–Crippen LogP) is 4.88. The molecule has 0 amide bonds. The summed E-state index contributed by atoms with van der Waals surface area (Å²) in [7, 11) is 0. The number of carboxylic acids is 1. The summed E-state index contributed by atoms with van der Waals surface area (Å²) in [5.41, 5.74) is 0. The van der Waals surface area contributed by atoms with Crippen LogP contribution in [0.25, 0.3) is 0 Å². The Kier molecular flexibility index (Phi) is 12.8. The van der Waals surface area contributed by atoms with Crippen molar-refractivity contribution in [1.29, 1.82) is 0 Å². The molecule has 0 bridgehead atoms. The Morgan fingerprint density at radius 2 is 1.44 bits per heavy atom. The molecule has 102 valence electrons. The van der Waals surface area contributed by atoms with E-state index in [1.807, 2.05) is 0 Å². The topological polar surface area (TPSA) is 37.3 Å². The quantitative estimate of drug-likeness (QED) is 0.419. The van der Waals surface area contributed by atoms with Gasteiger partial charge in [-0.15, -0.1) is 0 Å². The van der Waals surface area contributed by atoms with Crippen molar-refractivity contribution in [1.82, 2.24) is 0 Å². The summed E-state index contributed by atoms with van der Waals surface area (Å²) in [6.45, 7) is 2.18. The van der Waals surface area contributed by atoms with Gasteiger partial charge >= 0.3 is 5.97 Å². The average molecular weight is 250 g/mol. The van der Waals surface area contributed by atoms with Gasteiger partial charge in [-0.2, -0.15) is 0 Å². The van der Waals surface area contributed by atoms with Crippen molar-refractivity contribution in [2.75, 3.05) is 0 Å². The van der Waals surface area contributed by atoms with Gasteiger partial charge in [0.25, 0.3) is 0 Å². The van der Waals surface area contributed by atoms with Crippen LogP contribution in [0.15, 0.2) is 36.5 Å². The molecule has 0 aliphatic carbocycles. The monoisotopic (exact) mass is 250 g/mol. The van der Waals surface area contributed by atoms with Gasteiger partial charge in [0.05, 0.1) is 0 Å². The molecular weight excluding hydrogens is 224 g/mol. The Bertz CT molecular complexity index is 275. The van der Waals surface area contributed by atoms with Gasteiger partial charge in [-0.1, -0.05) is 49.8 Å². The van der Waals surface area contributed by atoms with Crippen LogP contribution in [0, 0.1) is 0 Å². The number of unbranched alkanes of at least 4 members (excludes halogenated alkanes) is 3. The molecule has 0 fully saturated rings. The van der Waals surface area contributed by atoms with E-state index in [0.29, 0.717) is 0 Å². The molecule has 0 saturated heterocycles. The van der Waals surface area contributed by atoms with Crippen molar-refractivity contribution in [3.05, 3.63) is 36.5 Å². The molecule has 0 aromatic heterocycles. The third kappa shape index (κ3) is 14.7. The summed E-state index contributed by atoms with van der Waals surface area (Å²) in [6.07, 6.45) is 20.5. The smallest absolute Gasteiger partial charge is 0.303 e. The Balaban J connectivity index is 3.31. The Morgan fingerprint density at radius 1 is 0.889 bits per heavy atom. The van der Waals surface area contributed by atoms with Crippen molar-refractivity contribution in [3.63, 3.8) is 0 Å². The van der Waals surface area contributed by atoms with E-state index in [1.54, 1.807) is 0 Å². The third-order valence-corrected chi connectivity index (χ3v) is 2.51. The molecule has 0 aromatic carbocycles. The first-order chi connectivity index (χ1) is 8.77. The average Bonchev–Trinajstić information content (AvgIpc) is 2.34. The van der Waals surface area contributed by atoms with Gasteiger partial charge in [-0.3, -0.25) is 4.79 Å². The van der Waals surface area contributed by atoms with E-state index >= 15 is 0 Å². The van der Waals surface area contributed by atoms with E-state index in [9.17, 15) is 4.79 Å². The van der Waals surface area contributed by atoms with Crippen LogP contribution < -0.4 is 0 Å². The zero-order valence-electron chi connectivity index (χ0n) is 11.5. The highest BCUT2D eigenvalue weighted by molar-refractivity contribution is 5.66. The Hall–Kier alpha value is -1.31. The molecule has 0 radical (unpaired) electrons. The maximum atomic E-state index is 10.3. The summed E-state index contributed by atoms with van der Waals surface area (Å²) in [6, 6.07) is 0. The number of rotatable bonds is 11. The van der Waals surface area contributed by atoms with Crippen molar-refractivity contribution in [2.24, 2.45) is 0 Å². The predicted molar refractivity (Wildman–Crippen MR) is 77.7 cm³/mol. The van der Waals surface area contributed by atoms with Crippen LogP contribution in [-0.4, -0.2) is 11.1 Å². The first-order valence-electron chi connectivity index (χ1n) is 6.94. The molecule has 0 heterocycles. The second kappa shape index (κ2) is 13.8. The second-order valence-electron chi connectivity index (χ2n) is 4.31. The van der Waals surface area contributed by atoms with Gasteiger partial charge in [0.2, 0.25) is 0 Å². The molecule has 2 heteroatoms. The van der Waals surface area contributed by atoms with Crippen LogP contribution in [-0.2, 0) is 4.79 Å². The third-order valence-electron chi connectivity index (χ3n) is 2.51. The van der Waals surface area contributed by atoms with Crippen LogP contribution in [0.4, 0.5) is 0 Å². The highest BCUT2D eigenvalue weighted by Gasteiger charge is 1.93. The summed E-state index contributed by atoms with van der Waals surface area (Å²) in [5, 5.41) is 8.46. The van der Waals surface area contributed by atoms with Crippen molar-refractivity contribution >= 4 is 5.97 Å². The molecule has 0 saturated carbocycles. The SMILES string of the molecule is CCCC=CCC=CC/C=C\CCCCC(=O)O. The van der Waals surface area contributed by atoms with E-state index in [-0.39, 0.29) is 6.42 Å². The van der Waals surface area contributed by atoms with Gasteiger partial charge in [-0.25, -0.2) is 0 Å². The number of hydrogen-bond donors (Lipinski definition) is 1. The molecule has 18 heavy (non-hydrogen) atoms. The number of hydrogen-bond acceptors (Lipinski definition) is 1. The van der Waals surface area contributed by atoms with Crippen LogP contribution in [0.3, 0.4) is 0 Å². The fraction of sp³-hybridized carbons (Fsp3) is 0.562. The van der Waals surface area contributed by atoms with Gasteiger partial charge in [0, 0.05) is 6.42 Å². The van der Waals surface area contributed by atoms with Crippen LogP contribution in [0.5, 0.6) is 0 Å². The normalized spacial score (nSPS) is 12.1. The zero-order valence-corrected chi connectivity index (χ0v) is 11.5. The van der Waals surface area contributed by atoms with Gasteiger partial charge < -0.3 is 5.11 Å². The lowest BCUT2D eigenvalue weighted by atomic mass is 10.2. The first-order valence-corrected chi connectivity index (χ1v) is 6.94. The lowest BCUT2D eigenvalue weighted by Crippen LogP contribution is -1.92. The van der Waals surface area contributed by atoms with Crippen molar-refractivity contribution in [3.8, 4) is 0 Å². The standard InChI is InChI=1S/C16H26O2/c1-2-3-4-5-6-7-8-9-10-11-12-13-14-15-16(17)18/h4-5,7-8,10-11H,2-3,6,9,12-15H2,1H3,(H,17,18)/b5-4?,8-7?,11-10-. The molecule has 0 spiro atoms. The van der Waals surface area contributed by atoms with E-state index in [1.165, 1.54) is 12.8 Å². The minimum absolute atomic E-state index is 0.290. The van der Waals surface area contributed by atoms with Gasteiger partial charge in [0.15, 0.2) is 0 Å². The molecule has 0 rings (SSSR count). The molecule has 0 aromatic rings. The molecule has 0 aliphatic rings. The highest BCUT2D eigenvalue weighted by atomic mass is 16.4. The number of carbonyl (C=O) groups is 1. The first kappa shape index (κ1) is 16.7. The molecule has 0 unspecified atom stereocenters. The molecular formula is C16H26O2. The summed E-state index contributed by atoms with van der Waals surface area (Å²) in [4.78, 5) is 10.3. The van der Waals surface area contributed by atoms with Crippen LogP contribution in [0.1, 0.15) is 58.3 Å². The van der Waals surface area contributed by atoms with Crippen LogP contribution >= 0.6 is 0 Å². The van der Waals surface area contributed by atoms with Crippen molar-refractivity contribution < 1.29 is 9.90 Å². The minimum Gasteiger partial charge on any atom is -0.481 e. The Labute approximate surface area is 111 Å². The lowest BCUT2D eigenvalue weighted by molar-refractivity contribution is -0.137. The summed E-state index contributed by atoms with van der Waals surface area (Å²) in [5.74, 6) is -0.696. The summed E-state index contributed by atoms with van der Waals surface area (Å²) < 4.78 is 0. The lowest BCUT2D eigenvalue weighted by Gasteiger charge is -1.92. The van der Waals surface area contributed by atoms with E-state index in [4.69, 9.17) is 5.11 Å². The highest BCUT2D eigenvalue weighted by Crippen LogP contribution is 2.01. The molecule has 2 nitrogen and oxygen atoms in total. The number of carboxylic acid groups (broad SMARTS) is 1. The minimum atomic E-state index is -0.696. The van der Waals surface area contributed by atoms with Crippen molar-refractivity contribution in [2.45, 2.75) is 58.3 Å². The maximum Gasteiger partial charge on any atom is 0.303 e. The van der Waals surface area contributed by atoms with Gasteiger partial charge in [0.1, 0.15) is 0 Å². The fourth-order valence-corrected chi connectivity index (χ4v) is 1.48. The molecule has 0 aliphatic heterocycles. The summed E-state index contributed by atoms with van der Waals surface area (Å²) >= 11 is 0. The largest absolute Gasteiger partial charge is 0.481 e. The fourth-order valence-electron chi connectivity index (χ4n) is 1.48. The second-order valence-corrected chi connectivity index (χ2v) is 4.31. The molecule has 1 N–H and O–H groups in total. The van der Waals surface area contributed by atoms with Gasteiger partial charge in [-0.05, 0) is 38.5 Å². The Morgan fingerprint density at radius 3 is 2.00 bits per heavy atom. The number of aliphatic carboxylic acids is 1. The maximum absolute atomic E-state index is 10.3. The molecule has 0 atom stereocenters. The number of allylic oxidation sites excluding steroid dienone is 6. The van der Waals surface area contributed by atoms with E-state index in [2.05, 4.69) is 43.4 Å². The van der Waals surface area contributed by atoms with E-state index in [0.717, 1.165) is 32.1 Å². The van der Waals surface area contributed by atoms with Crippen LogP contribution in [0.2, 0.25) is 0 Å².